The molecule has 0 saturated carbocycles. The van der Waals surface area contributed by atoms with E-state index in [4.69, 9.17) is 5.11 Å². The van der Waals surface area contributed by atoms with Crippen LogP contribution in [0.3, 0.4) is 0 Å². The van der Waals surface area contributed by atoms with Gasteiger partial charge < -0.3 is 10.4 Å². The molecule has 0 aliphatic rings. The van der Waals surface area contributed by atoms with Gasteiger partial charge in [0.1, 0.15) is 0 Å². The van der Waals surface area contributed by atoms with Gasteiger partial charge in [0, 0.05) is 22.1 Å². The third kappa shape index (κ3) is 3.78. The first-order chi connectivity index (χ1) is 7.04. The lowest BCUT2D eigenvalue weighted by Crippen LogP contribution is -2.15. The molecule has 0 saturated heterocycles. The van der Waals surface area contributed by atoms with Crippen molar-refractivity contribution in [3.05, 3.63) is 26.6 Å². The van der Waals surface area contributed by atoms with Gasteiger partial charge in [0.2, 0.25) is 0 Å². The molecule has 0 amide bonds. The second-order valence-electron chi connectivity index (χ2n) is 3.77. The van der Waals surface area contributed by atoms with Crippen molar-refractivity contribution in [2.75, 3.05) is 18.5 Å². The summed E-state index contributed by atoms with van der Waals surface area (Å²) in [6, 6.07) is 4.13. The van der Waals surface area contributed by atoms with E-state index in [9.17, 15) is 0 Å². The lowest BCUT2D eigenvalue weighted by Gasteiger charge is -2.14. The topological polar surface area (TPSA) is 32.3 Å². The molecule has 2 nitrogen and oxygen atoms in total. The Bertz CT molecular complexity index is 318. The van der Waals surface area contributed by atoms with Gasteiger partial charge in [-0.1, -0.05) is 6.92 Å². The number of hydrogen-bond donors (Lipinski definition) is 2. The van der Waals surface area contributed by atoms with E-state index in [0.717, 1.165) is 21.2 Å². The molecule has 0 aromatic heterocycles. The minimum atomic E-state index is 0.202. The molecule has 4 heteroatoms. The zero-order valence-corrected chi connectivity index (χ0v) is 12.0. The van der Waals surface area contributed by atoms with Crippen LogP contribution in [-0.4, -0.2) is 18.3 Å². The maximum absolute atomic E-state index is 8.93. The van der Waals surface area contributed by atoms with Gasteiger partial charge in [0.05, 0.1) is 5.69 Å². The SMILES string of the molecule is Cc1cc(Br)c(NCC(C)CO)c(Br)c1. The summed E-state index contributed by atoms with van der Waals surface area (Å²) < 4.78 is 2.08. The fraction of sp³-hybridized carbons (Fsp3) is 0.455. The first-order valence-corrected chi connectivity index (χ1v) is 6.43. The third-order valence-corrected chi connectivity index (χ3v) is 3.38. The molecule has 15 heavy (non-hydrogen) atoms. The zero-order valence-electron chi connectivity index (χ0n) is 8.85. The molecule has 1 aromatic rings. The van der Waals surface area contributed by atoms with Gasteiger partial charge >= 0.3 is 0 Å². The molecule has 1 aromatic carbocycles. The number of aliphatic hydroxyl groups is 1. The Hall–Kier alpha value is -0.0600. The first kappa shape index (κ1) is 13.0. The van der Waals surface area contributed by atoms with Crippen LogP contribution in [0.1, 0.15) is 12.5 Å². The molecule has 84 valence electrons. The second-order valence-corrected chi connectivity index (χ2v) is 5.48. The van der Waals surface area contributed by atoms with Crippen LogP contribution in [0.5, 0.6) is 0 Å². The van der Waals surface area contributed by atoms with Crippen LogP contribution in [0, 0.1) is 12.8 Å². The highest BCUT2D eigenvalue weighted by Crippen LogP contribution is 2.32. The van der Waals surface area contributed by atoms with E-state index in [0.29, 0.717) is 0 Å². The Morgan fingerprint density at radius 1 is 1.33 bits per heavy atom. The summed E-state index contributed by atoms with van der Waals surface area (Å²) in [7, 11) is 0. The van der Waals surface area contributed by atoms with E-state index >= 15 is 0 Å². The van der Waals surface area contributed by atoms with Crippen LogP contribution in [0.25, 0.3) is 0 Å². The predicted molar refractivity (Wildman–Crippen MR) is 71.3 cm³/mol. The van der Waals surface area contributed by atoms with Crippen molar-refractivity contribution < 1.29 is 5.11 Å². The molecule has 0 aliphatic carbocycles. The van der Waals surface area contributed by atoms with Crippen LogP contribution >= 0.6 is 31.9 Å². The van der Waals surface area contributed by atoms with E-state index in [1.165, 1.54) is 5.56 Å². The summed E-state index contributed by atoms with van der Waals surface area (Å²) in [6.45, 7) is 5.02. The van der Waals surface area contributed by atoms with Crippen molar-refractivity contribution >= 4 is 37.5 Å². The van der Waals surface area contributed by atoms with E-state index < -0.39 is 0 Å². The van der Waals surface area contributed by atoms with E-state index in [2.05, 4.69) is 56.2 Å². The van der Waals surface area contributed by atoms with Crippen LogP contribution in [-0.2, 0) is 0 Å². The molecular formula is C11H15Br2NO. The number of hydrogen-bond acceptors (Lipinski definition) is 2. The van der Waals surface area contributed by atoms with Crippen LogP contribution < -0.4 is 5.32 Å². The average molecular weight is 337 g/mol. The van der Waals surface area contributed by atoms with Gasteiger partial charge in [-0.25, -0.2) is 0 Å². The van der Waals surface area contributed by atoms with E-state index in [1.54, 1.807) is 0 Å². The molecule has 0 heterocycles. The highest BCUT2D eigenvalue weighted by molar-refractivity contribution is 9.11. The number of halogens is 2. The van der Waals surface area contributed by atoms with E-state index in [-0.39, 0.29) is 12.5 Å². The van der Waals surface area contributed by atoms with Gasteiger partial charge in [-0.05, 0) is 62.4 Å². The van der Waals surface area contributed by atoms with Crippen LogP contribution in [0.2, 0.25) is 0 Å². The van der Waals surface area contributed by atoms with Gasteiger partial charge in [-0.2, -0.15) is 0 Å². The summed E-state index contributed by atoms with van der Waals surface area (Å²) in [6.07, 6.45) is 0. The Labute approximate surface area is 107 Å². The van der Waals surface area contributed by atoms with Crippen LogP contribution in [0.4, 0.5) is 5.69 Å². The van der Waals surface area contributed by atoms with Crippen molar-refractivity contribution in [2.45, 2.75) is 13.8 Å². The molecule has 2 N–H and O–H groups in total. The highest BCUT2D eigenvalue weighted by Gasteiger charge is 2.07. The maximum atomic E-state index is 8.93. The smallest absolute Gasteiger partial charge is 0.0629 e. The molecule has 0 bridgehead atoms. The average Bonchev–Trinajstić information content (AvgIpc) is 2.15. The van der Waals surface area contributed by atoms with Crippen molar-refractivity contribution in [3.8, 4) is 0 Å². The van der Waals surface area contributed by atoms with Crippen molar-refractivity contribution in [3.63, 3.8) is 0 Å². The predicted octanol–water partition coefficient (Wildman–Crippen LogP) is 3.56. The quantitative estimate of drug-likeness (QED) is 0.881. The number of aryl methyl sites for hydroxylation is 1. The first-order valence-electron chi connectivity index (χ1n) is 4.85. The zero-order chi connectivity index (χ0) is 11.4. The Balaban J connectivity index is 2.77. The molecule has 0 aliphatic heterocycles. The number of rotatable bonds is 4. The number of benzene rings is 1. The summed E-state index contributed by atoms with van der Waals surface area (Å²) in [5.41, 5.74) is 2.25. The molecule has 0 radical (unpaired) electrons. The van der Waals surface area contributed by atoms with Crippen molar-refractivity contribution in [1.82, 2.24) is 0 Å². The van der Waals surface area contributed by atoms with Gasteiger partial charge in [0.25, 0.3) is 0 Å². The summed E-state index contributed by atoms with van der Waals surface area (Å²) >= 11 is 7.03. The van der Waals surface area contributed by atoms with Crippen LogP contribution in [0.15, 0.2) is 21.1 Å². The molecule has 0 fully saturated rings. The lowest BCUT2D eigenvalue weighted by atomic mass is 10.2. The second kappa shape index (κ2) is 5.87. The minimum absolute atomic E-state index is 0.202. The fourth-order valence-corrected chi connectivity index (χ4v) is 2.91. The Morgan fingerprint density at radius 2 is 1.87 bits per heavy atom. The highest BCUT2D eigenvalue weighted by atomic mass is 79.9. The van der Waals surface area contributed by atoms with Crippen molar-refractivity contribution in [2.24, 2.45) is 5.92 Å². The number of anilines is 1. The molecular weight excluding hydrogens is 322 g/mol. The van der Waals surface area contributed by atoms with E-state index in [1.807, 2.05) is 6.92 Å². The summed E-state index contributed by atoms with van der Waals surface area (Å²) in [5.74, 6) is 0.255. The Morgan fingerprint density at radius 3 is 2.33 bits per heavy atom. The van der Waals surface area contributed by atoms with Gasteiger partial charge in [-0.3, -0.25) is 0 Å². The van der Waals surface area contributed by atoms with Gasteiger partial charge in [-0.15, -0.1) is 0 Å². The fourth-order valence-electron chi connectivity index (χ4n) is 1.21. The monoisotopic (exact) mass is 335 g/mol. The number of aliphatic hydroxyl groups excluding tert-OH is 1. The largest absolute Gasteiger partial charge is 0.396 e. The molecule has 0 spiro atoms. The normalized spacial score (nSPS) is 12.6. The Kier molecular flexibility index (Phi) is 5.09. The minimum Gasteiger partial charge on any atom is -0.396 e. The van der Waals surface area contributed by atoms with Gasteiger partial charge in [0.15, 0.2) is 0 Å². The standard InChI is InChI=1S/C11H15Br2NO/c1-7-3-9(12)11(10(13)4-7)14-5-8(2)6-15/h3-4,8,14-15H,5-6H2,1-2H3. The molecule has 1 rings (SSSR count). The number of nitrogens with one attached hydrogen (secondary N) is 1. The third-order valence-electron chi connectivity index (χ3n) is 2.13. The summed E-state index contributed by atoms with van der Waals surface area (Å²) in [4.78, 5) is 0. The summed E-state index contributed by atoms with van der Waals surface area (Å²) in [5, 5.41) is 12.2. The molecule has 1 unspecified atom stereocenters. The maximum Gasteiger partial charge on any atom is 0.0629 e. The lowest BCUT2D eigenvalue weighted by molar-refractivity contribution is 0.244. The van der Waals surface area contributed by atoms with Crippen molar-refractivity contribution in [1.29, 1.82) is 0 Å². The molecule has 1 atom stereocenters.